The van der Waals surface area contributed by atoms with Crippen LogP contribution in [-0.4, -0.2) is 17.6 Å². The molecule has 5 heteroatoms. The molecule has 2 amide bonds. The van der Waals surface area contributed by atoms with E-state index >= 15 is 0 Å². The molecule has 0 aromatic heterocycles. The molecule has 0 aliphatic carbocycles. The summed E-state index contributed by atoms with van der Waals surface area (Å²) in [6.45, 7) is 2.76. The van der Waals surface area contributed by atoms with Crippen LogP contribution in [0.5, 0.6) is 0 Å². The Bertz CT molecular complexity index is 455. The first-order valence-electron chi connectivity index (χ1n) is 5.14. The van der Waals surface area contributed by atoms with Crippen LogP contribution in [-0.2, 0) is 14.4 Å². The van der Waals surface area contributed by atoms with Gasteiger partial charge in [0.05, 0.1) is 6.42 Å². The van der Waals surface area contributed by atoms with E-state index in [2.05, 4.69) is 10.6 Å². The smallest absolute Gasteiger partial charge is 0.231 e. The zero-order valence-electron chi connectivity index (χ0n) is 9.74. The van der Waals surface area contributed by atoms with E-state index < -0.39 is 0 Å². The summed E-state index contributed by atoms with van der Waals surface area (Å²) in [6, 6.07) is 6.72. The van der Waals surface area contributed by atoms with Crippen molar-refractivity contribution in [2.45, 2.75) is 20.3 Å². The molecule has 17 heavy (non-hydrogen) atoms. The van der Waals surface area contributed by atoms with Crippen molar-refractivity contribution < 1.29 is 14.4 Å². The third kappa shape index (κ3) is 4.92. The number of ketones is 1. The number of carbonyl (C=O) groups excluding carboxylic acids is 3. The maximum atomic E-state index is 11.3. The molecule has 5 nitrogen and oxygen atoms in total. The fourth-order valence-corrected chi connectivity index (χ4v) is 1.31. The number of nitrogens with one attached hydrogen (secondary N) is 2. The number of Topliss-reactive ketones (excluding diaryl/α,β-unsaturated/α-hetero) is 1. The summed E-state index contributed by atoms with van der Waals surface area (Å²) in [4.78, 5) is 32.9. The second-order valence-corrected chi connectivity index (χ2v) is 3.69. The van der Waals surface area contributed by atoms with Gasteiger partial charge in [-0.25, -0.2) is 0 Å². The van der Waals surface area contributed by atoms with E-state index in [-0.39, 0.29) is 24.0 Å². The van der Waals surface area contributed by atoms with Gasteiger partial charge in [-0.1, -0.05) is 6.07 Å². The molecule has 0 heterocycles. The van der Waals surface area contributed by atoms with Crippen LogP contribution in [0.4, 0.5) is 11.4 Å². The van der Waals surface area contributed by atoms with Crippen molar-refractivity contribution in [2.24, 2.45) is 0 Å². The molecule has 0 aliphatic rings. The van der Waals surface area contributed by atoms with Crippen LogP contribution in [0.1, 0.15) is 20.3 Å². The van der Waals surface area contributed by atoms with Crippen molar-refractivity contribution in [1.29, 1.82) is 0 Å². The maximum absolute atomic E-state index is 11.3. The van der Waals surface area contributed by atoms with Crippen molar-refractivity contribution in [1.82, 2.24) is 0 Å². The lowest BCUT2D eigenvalue weighted by Crippen LogP contribution is -2.15. The fourth-order valence-electron chi connectivity index (χ4n) is 1.31. The molecular weight excluding hydrogens is 220 g/mol. The van der Waals surface area contributed by atoms with Gasteiger partial charge in [-0.3, -0.25) is 14.4 Å². The van der Waals surface area contributed by atoms with Gasteiger partial charge in [-0.05, 0) is 25.1 Å². The summed E-state index contributed by atoms with van der Waals surface area (Å²) in [5.41, 5.74) is 1.14. The van der Waals surface area contributed by atoms with Gasteiger partial charge in [0.1, 0.15) is 5.78 Å². The van der Waals surface area contributed by atoms with E-state index in [9.17, 15) is 14.4 Å². The van der Waals surface area contributed by atoms with E-state index in [1.165, 1.54) is 13.8 Å². The molecule has 0 fully saturated rings. The highest BCUT2D eigenvalue weighted by atomic mass is 16.2. The van der Waals surface area contributed by atoms with Gasteiger partial charge >= 0.3 is 0 Å². The molecule has 1 rings (SSSR count). The summed E-state index contributed by atoms with van der Waals surface area (Å²) in [6.07, 6.45) is -0.148. The Morgan fingerprint density at radius 2 is 1.65 bits per heavy atom. The summed E-state index contributed by atoms with van der Waals surface area (Å²) < 4.78 is 0. The van der Waals surface area contributed by atoms with Gasteiger partial charge in [-0.15, -0.1) is 0 Å². The molecule has 0 saturated heterocycles. The number of amides is 2. The molecule has 0 radical (unpaired) electrons. The third-order valence-electron chi connectivity index (χ3n) is 1.88. The Hall–Kier alpha value is -2.17. The Labute approximate surface area is 99.2 Å². The quantitative estimate of drug-likeness (QED) is 0.776. The number of hydrogen-bond donors (Lipinski definition) is 2. The van der Waals surface area contributed by atoms with Crippen LogP contribution in [0.2, 0.25) is 0 Å². The number of carbonyl (C=O) groups is 3. The summed E-state index contributed by atoms with van der Waals surface area (Å²) in [7, 11) is 0. The first-order chi connectivity index (χ1) is 7.97. The molecule has 1 aromatic rings. The minimum absolute atomic E-state index is 0.148. The minimum atomic E-state index is -0.363. The minimum Gasteiger partial charge on any atom is -0.326 e. The van der Waals surface area contributed by atoms with E-state index in [1.807, 2.05) is 0 Å². The average Bonchev–Trinajstić information content (AvgIpc) is 2.14. The van der Waals surface area contributed by atoms with Crippen LogP contribution in [0.15, 0.2) is 24.3 Å². The number of anilines is 2. The Morgan fingerprint density at radius 3 is 2.18 bits per heavy atom. The van der Waals surface area contributed by atoms with Crippen LogP contribution >= 0.6 is 0 Å². The van der Waals surface area contributed by atoms with E-state index in [4.69, 9.17) is 0 Å². The largest absolute Gasteiger partial charge is 0.326 e. The molecule has 2 N–H and O–H groups in total. The highest BCUT2D eigenvalue weighted by Crippen LogP contribution is 2.15. The fraction of sp³-hybridized carbons (Fsp3) is 0.250. The molecular formula is C12H14N2O3. The lowest BCUT2D eigenvalue weighted by Gasteiger charge is -2.06. The lowest BCUT2D eigenvalue weighted by molar-refractivity contribution is -0.124. The standard InChI is InChI=1S/C12H14N2O3/c1-8(15)6-12(17)14-11-5-3-4-10(7-11)13-9(2)16/h3-5,7H,6H2,1-2H3,(H,13,16)(H,14,17). The van der Waals surface area contributed by atoms with E-state index in [1.54, 1.807) is 24.3 Å². The summed E-state index contributed by atoms with van der Waals surface area (Å²) in [5, 5.41) is 5.18. The highest BCUT2D eigenvalue weighted by molar-refractivity contribution is 6.03. The van der Waals surface area contributed by atoms with Gasteiger partial charge in [0, 0.05) is 18.3 Å². The monoisotopic (exact) mass is 234 g/mol. The van der Waals surface area contributed by atoms with Crippen molar-refractivity contribution >= 4 is 29.0 Å². The normalized spacial score (nSPS) is 9.53. The van der Waals surface area contributed by atoms with Gasteiger partial charge in [-0.2, -0.15) is 0 Å². The first-order valence-corrected chi connectivity index (χ1v) is 5.14. The van der Waals surface area contributed by atoms with E-state index in [0.29, 0.717) is 11.4 Å². The predicted molar refractivity (Wildman–Crippen MR) is 64.7 cm³/mol. The first kappa shape index (κ1) is 12.9. The van der Waals surface area contributed by atoms with Gasteiger partial charge in [0.15, 0.2) is 0 Å². The van der Waals surface area contributed by atoms with E-state index in [0.717, 1.165) is 0 Å². The zero-order valence-corrected chi connectivity index (χ0v) is 9.74. The topological polar surface area (TPSA) is 75.3 Å². The maximum Gasteiger partial charge on any atom is 0.231 e. The van der Waals surface area contributed by atoms with Gasteiger partial charge < -0.3 is 10.6 Å². The molecule has 1 aromatic carbocycles. The second kappa shape index (κ2) is 5.79. The Morgan fingerprint density at radius 1 is 1.06 bits per heavy atom. The molecule has 0 bridgehead atoms. The molecule has 0 saturated carbocycles. The molecule has 0 spiro atoms. The molecule has 0 atom stereocenters. The molecule has 0 aliphatic heterocycles. The number of hydrogen-bond acceptors (Lipinski definition) is 3. The number of benzene rings is 1. The lowest BCUT2D eigenvalue weighted by atomic mass is 10.2. The van der Waals surface area contributed by atoms with Crippen LogP contribution in [0.25, 0.3) is 0 Å². The molecule has 90 valence electrons. The number of rotatable bonds is 4. The zero-order chi connectivity index (χ0) is 12.8. The van der Waals surface area contributed by atoms with Crippen molar-refractivity contribution in [3.8, 4) is 0 Å². The van der Waals surface area contributed by atoms with Crippen molar-refractivity contribution in [2.75, 3.05) is 10.6 Å². The van der Waals surface area contributed by atoms with Crippen LogP contribution < -0.4 is 10.6 Å². The third-order valence-corrected chi connectivity index (χ3v) is 1.88. The van der Waals surface area contributed by atoms with Crippen LogP contribution in [0, 0.1) is 0 Å². The Balaban J connectivity index is 2.68. The summed E-state index contributed by atoms with van der Waals surface area (Å²) in [5.74, 6) is -0.741. The summed E-state index contributed by atoms with van der Waals surface area (Å²) >= 11 is 0. The SMILES string of the molecule is CC(=O)CC(=O)Nc1cccc(NC(C)=O)c1. The van der Waals surface area contributed by atoms with Crippen LogP contribution in [0.3, 0.4) is 0 Å². The van der Waals surface area contributed by atoms with Crippen molar-refractivity contribution in [3.63, 3.8) is 0 Å². The average molecular weight is 234 g/mol. The predicted octanol–water partition coefficient (Wildman–Crippen LogP) is 1.56. The highest BCUT2D eigenvalue weighted by Gasteiger charge is 2.05. The molecule has 0 unspecified atom stereocenters. The van der Waals surface area contributed by atoms with Gasteiger partial charge in [0.2, 0.25) is 11.8 Å². The Kier molecular flexibility index (Phi) is 4.39. The second-order valence-electron chi connectivity index (χ2n) is 3.69. The van der Waals surface area contributed by atoms with Crippen molar-refractivity contribution in [3.05, 3.63) is 24.3 Å². The van der Waals surface area contributed by atoms with Gasteiger partial charge in [0.25, 0.3) is 0 Å².